The van der Waals surface area contributed by atoms with Gasteiger partial charge in [0.25, 0.3) is 0 Å². The maximum absolute atomic E-state index is 12.8. The average molecular weight is 237 g/mol. The summed E-state index contributed by atoms with van der Waals surface area (Å²) < 4.78 is 12.8. The van der Waals surface area contributed by atoms with Gasteiger partial charge in [-0.05, 0) is 18.8 Å². The van der Waals surface area contributed by atoms with Crippen molar-refractivity contribution >= 4 is 18.3 Å². The molecule has 1 saturated heterocycles. The molecule has 0 unspecified atom stereocenters. The molecular weight excluding hydrogens is 219 g/mol. The highest BCUT2D eigenvalue weighted by Crippen LogP contribution is 2.29. The fraction of sp³-hybridized carbons (Fsp3) is 0.900. The van der Waals surface area contributed by atoms with Crippen LogP contribution in [-0.2, 0) is 4.79 Å². The Balaban J connectivity index is 0.00000112. The largest absolute Gasteiger partial charge is 0.344 e. The highest BCUT2D eigenvalue weighted by atomic mass is 35.5. The van der Waals surface area contributed by atoms with Gasteiger partial charge in [-0.25, -0.2) is 4.39 Å². The van der Waals surface area contributed by atoms with Crippen molar-refractivity contribution in [2.45, 2.75) is 31.5 Å². The van der Waals surface area contributed by atoms with Gasteiger partial charge in [-0.1, -0.05) is 0 Å². The second-order valence-corrected chi connectivity index (χ2v) is 4.46. The lowest BCUT2D eigenvalue weighted by Crippen LogP contribution is -2.42. The smallest absolute Gasteiger partial charge is 0.239 e. The van der Waals surface area contributed by atoms with Gasteiger partial charge in [0.1, 0.15) is 6.17 Å². The van der Waals surface area contributed by atoms with Crippen LogP contribution in [0.25, 0.3) is 0 Å². The number of amides is 1. The van der Waals surface area contributed by atoms with Crippen LogP contribution in [0.2, 0.25) is 0 Å². The van der Waals surface area contributed by atoms with Crippen LogP contribution in [0.5, 0.6) is 0 Å². The van der Waals surface area contributed by atoms with Crippen LogP contribution in [0, 0.1) is 5.92 Å². The molecular formula is C10H18ClFN2O. The zero-order chi connectivity index (χ0) is 10.1. The molecule has 1 heterocycles. The molecule has 88 valence electrons. The number of likely N-dealkylation sites (N-methyl/N-ethyl adjacent to an activating group) is 1. The molecule has 0 aromatic heterocycles. The lowest BCUT2D eigenvalue weighted by Gasteiger charge is -2.20. The van der Waals surface area contributed by atoms with E-state index in [1.54, 1.807) is 4.90 Å². The molecule has 2 atom stereocenters. The fourth-order valence-corrected chi connectivity index (χ4v) is 1.92. The van der Waals surface area contributed by atoms with Crippen LogP contribution in [-0.4, -0.2) is 43.2 Å². The Bertz CT molecular complexity index is 235. The molecule has 2 rings (SSSR count). The van der Waals surface area contributed by atoms with Gasteiger partial charge in [-0.3, -0.25) is 4.79 Å². The first kappa shape index (κ1) is 12.7. The van der Waals surface area contributed by atoms with E-state index in [-0.39, 0.29) is 24.4 Å². The molecule has 1 aliphatic carbocycles. The van der Waals surface area contributed by atoms with Crippen molar-refractivity contribution < 1.29 is 9.18 Å². The Hall–Kier alpha value is -0.350. The monoisotopic (exact) mass is 236 g/mol. The Morgan fingerprint density at radius 3 is 2.67 bits per heavy atom. The zero-order valence-electron chi connectivity index (χ0n) is 8.91. The molecule has 2 fully saturated rings. The van der Waals surface area contributed by atoms with Crippen LogP contribution in [0.1, 0.15) is 19.3 Å². The molecule has 1 aliphatic heterocycles. The molecule has 0 bridgehead atoms. The number of nitrogens with zero attached hydrogens (tertiary/aromatic N) is 1. The van der Waals surface area contributed by atoms with Gasteiger partial charge in [0.2, 0.25) is 5.91 Å². The summed E-state index contributed by atoms with van der Waals surface area (Å²) in [7, 11) is 1.81. The lowest BCUT2D eigenvalue weighted by molar-refractivity contribution is -0.132. The molecule has 1 amide bonds. The predicted molar refractivity (Wildman–Crippen MR) is 58.9 cm³/mol. The summed E-state index contributed by atoms with van der Waals surface area (Å²) in [5.41, 5.74) is 0. The van der Waals surface area contributed by atoms with Gasteiger partial charge < -0.3 is 10.2 Å². The molecule has 0 aromatic rings. The second kappa shape index (κ2) is 5.12. The van der Waals surface area contributed by atoms with Gasteiger partial charge in [0, 0.05) is 26.6 Å². The molecule has 3 nitrogen and oxygen atoms in total. The van der Waals surface area contributed by atoms with E-state index in [0.29, 0.717) is 18.9 Å². The Morgan fingerprint density at radius 2 is 2.20 bits per heavy atom. The molecule has 0 spiro atoms. The highest BCUT2D eigenvalue weighted by molar-refractivity contribution is 5.85. The predicted octanol–water partition coefficient (Wildman–Crippen LogP) is 0.977. The topological polar surface area (TPSA) is 32.3 Å². The van der Waals surface area contributed by atoms with E-state index >= 15 is 0 Å². The van der Waals surface area contributed by atoms with E-state index < -0.39 is 6.17 Å². The van der Waals surface area contributed by atoms with E-state index in [1.165, 1.54) is 12.8 Å². The van der Waals surface area contributed by atoms with Crippen molar-refractivity contribution in [3.8, 4) is 0 Å². The maximum Gasteiger partial charge on any atom is 0.239 e. The van der Waals surface area contributed by atoms with Crippen molar-refractivity contribution in [2.75, 3.05) is 20.1 Å². The van der Waals surface area contributed by atoms with Gasteiger partial charge in [-0.15, -0.1) is 12.4 Å². The summed E-state index contributed by atoms with van der Waals surface area (Å²) in [6.45, 7) is 1.17. The molecule has 2 aliphatic rings. The second-order valence-electron chi connectivity index (χ2n) is 4.46. The normalized spacial score (nSPS) is 29.7. The van der Waals surface area contributed by atoms with Gasteiger partial charge in [0.15, 0.2) is 0 Å². The highest BCUT2D eigenvalue weighted by Gasteiger charge is 2.33. The van der Waals surface area contributed by atoms with Crippen LogP contribution in [0.3, 0.4) is 0 Å². The first-order valence-electron chi connectivity index (χ1n) is 5.29. The standard InChI is InChI=1S/C10H17FN2O.ClH/c1-13(6-7-2-3-7)10(14)9-4-8(11)5-12-9;/h7-9,12H,2-6H2,1H3;1H/t8-,9+;/m0./s1. The lowest BCUT2D eigenvalue weighted by atomic mass is 10.2. The number of hydrogen-bond acceptors (Lipinski definition) is 2. The number of hydrogen-bond donors (Lipinski definition) is 1. The third kappa shape index (κ3) is 3.31. The van der Waals surface area contributed by atoms with Crippen molar-refractivity contribution in [1.82, 2.24) is 10.2 Å². The Labute approximate surface area is 95.8 Å². The van der Waals surface area contributed by atoms with E-state index in [1.807, 2.05) is 7.05 Å². The first-order valence-corrected chi connectivity index (χ1v) is 5.29. The van der Waals surface area contributed by atoms with Gasteiger partial charge in [0.05, 0.1) is 6.04 Å². The Morgan fingerprint density at radius 1 is 1.53 bits per heavy atom. The maximum atomic E-state index is 12.8. The van der Waals surface area contributed by atoms with Gasteiger partial charge in [-0.2, -0.15) is 0 Å². The minimum atomic E-state index is -0.849. The molecule has 5 heteroatoms. The van der Waals surface area contributed by atoms with Gasteiger partial charge >= 0.3 is 0 Å². The van der Waals surface area contributed by atoms with E-state index in [2.05, 4.69) is 5.32 Å². The minimum absolute atomic E-state index is 0. The third-order valence-electron chi connectivity index (χ3n) is 2.98. The molecule has 15 heavy (non-hydrogen) atoms. The quantitative estimate of drug-likeness (QED) is 0.792. The van der Waals surface area contributed by atoms with Crippen LogP contribution in [0.15, 0.2) is 0 Å². The molecule has 1 N–H and O–H groups in total. The number of nitrogens with one attached hydrogen (secondary N) is 1. The fourth-order valence-electron chi connectivity index (χ4n) is 1.92. The molecule has 1 saturated carbocycles. The summed E-state index contributed by atoms with van der Waals surface area (Å²) in [6.07, 6.45) is 1.97. The van der Waals surface area contributed by atoms with E-state index in [0.717, 1.165) is 6.54 Å². The van der Waals surface area contributed by atoms with Crippen molar-refractivity contribution in [3.05, 3.63) is 0 Å². The first-order chi connectivity index (χ1) is 6.66. The SMILES string of the molecule is CN(CC1CC1)C(=O)[C@H]1C[C@H](F)CN1.Cl. The zero-order valence-corrected chi connectivity index (χ0v) is 9.73. The summed E-state index contributed by atoms with van der Waals surface area (Å²) in [6, 6.07) is -0.284. The Kier molecular flexibility index (Phi) is 4.34. The summed E-state index contributed by atoms with van der Waals surface area (Å²) in [4.78, 5) is 13.5. The number of alkyl halides is 1. The summed E-state index contributed by atoms with van der Waals surface area (Å²) in [5, 5.41) is 2.91. The van der Waals surface area contributed by atoms with E-state index in [9.17, 15) is 9.18 Å². The van der Waals surface area contributed by atoms with Crippen molar-refractivity contribution in [2.24, 2.45) is 5.92 Å². The average Bonchev–Trinajstić information content (AvgIpc) is 2.85. The van der Waals surface area contributed by atoms with E-state index in [4.69, 9.17) is 0 Å². The molecule has 0 aromatic carbocycles. The number of rotatable bonds is 3. The number of carbonyl (C=O) groups excluding carboxylic acids is 1. The molecule has 0 radical (unpaired) electrons. The number of carbonyl (C=O) groups is 1. The number of halogens is 2. The van der Waals surface area contributed by atoms with Crippen LogP contribution < -0.4 is 5.32 Å². The van der Waals surface area contributed by atoms with Crippen molar-refractivity contribution in [3.63, 3.8) is 0 Å². The van der Waals surface area contributed by atoms with Crippen LogP contribution >= 0.6 is 12.4 Å². The van der Waals surface area contributed by atoms with Crippen molar-refractivity contribution in [1.29, 1.82) is 0 Å². The minimum Gasteiger partial charge on any atom is -0.344 e. The summed E-state index contributed by atoms with van der Waals surface area (Å²) >= 11 is 0. The third-order valence-corrected chi connectivity index (χ3v) is 2.98. The van der Waals surface area contributed by atoms with Crippen LogP contribution in [0.4, 0.5) is 4.39 Å². The summed E-state index contributed by atoms with van der Waals surface area (Å²) in [5.74, 6) is 0.753.